The molecule has 0 saturated heterocycles. The van der Waals surface area contributed by atoms with Crippen molar-refractivity contribution in [3.63, 3.8) is 0 Å². The minimum Gasteiger partial charge on any atom is -0.313 e. The van der Waals surface area contributed by atoms with Crippen LogP contribution in [0.2, 0.25) is 0 Å². The Bertz CT molecular complexity index is 354. The molecule has 1 aromatic rings. The topological polar surface area (TPSA) is 37.8 Å². The minimum atomic E-state index is 0.642. The number of rotatable bonds is 6. The van der Waals surface area contributed by atoms with Crippen LogP contribution in [0, 0.1) is 11.8 Å². The second-order valence-corrected chi connectivity index (χ2v) is 8.06. The first-order chi connectivity index (χ1) is 9.20. The van der Waals surface area contributed by atoms with E-state index in [2.05, 4.69) is 36.3 Å². The highest BCUT2D eigenvalue weighted by atomic mass is 32.2. The highest BCUT2D eigenvalue weighted by Crippen LogP contribution is 2.39. The molecule has 1 N–H and O–H groups in total. The summed E-state index contributed by atoms with van der Waals surface area (Å²) in [6.45, 7) is 8.08. The molecular weight excluding hydrogens is 274 g/mol. The average molecular weight is 300 g/mol. The van der Waals surface area contributed by atoms with E-state index in [1.54, 1.807) is 11.3 Å². The van der Waals surface area contributed by atoms with Crippen molar-refractivity contribution in [2.75, 3.05) is 6.54 Å². The Morgan fingerprint density at radius 3 is 2.95 bits per heavy atom. The molecule has 3 unspecified atom stereocenters. The molecule has 1 aliphatic carbocycles. The first-order valence-corrected chi connectivity index (χ1v) is 9.12. The number of nitrogens with one attached hydrogen (secondary N) is 1. The summed E-state index contributed by atoms with van der Waals surface area (Å²) in [5, 5.41) is 12.5. The fourth-order valence-corrected chi connectivity index (χ4v) is 4.90. The van der Waals surface area contributed by atoms with E-state index >= 15 is 0 Å². The van der Waals surface area contributed by atoms with Gasteiger partial charge in [-0.3, -0.25) is 0 Å². The van der Waals surface area contributed by atoms with E-state index in [1.807, 2.05) is 17.3 Å². The number of hydrogen-bond donors (Lipinski definition) is 1. The number of hydrogen-bond acceptors (Lipinski definition) is 5. The van der Waals surface area contributed by atoms with Gasteiger partial charge in [0.15, 0.2) is 4.34 Å². The molecule has 3 atom stereocenters. The van der Waals surface area contributed by atoms with Crippen LogP contribution in [0.3, 0.4) is 0 Å². The second kappa shape index (κ2) is 7.60. The van der Waals surface area contributed by atoms with Crippen LogP contribution < -0.4 is 5.32 Å². The van der Waals surface area contributed by atoms with Crippen molar-refractivity contribution in [2.24, 2.45) is 11.8 Å². The van der Waals surface area contributed by atoms with E-state index < -0.39 is 0 Å². The fraction of sp³-hybridized carbons (Fsp3) is 0.857. The molecule has 19 heavy (non-hydrogen) atoms. The van der Waals surface area contributed by atoms with Gasteiger partial charge in [0.2, 0.25) is 0 Å². The number of aromatic nitrogens is 2. The summed E-state index contributed by atoms with van der Waals surface area (Å²) < 4.78 is 1.12. The molecule has 1 aliphatic rings. The van der Waals surface area contributed by atoms with Gasteiger partial charge in [0, 0.05) is 11.3 Å². The Balaban J connectivity index is 1.97. The van der Waals surface area contributed by atoms with Gasteiger partial charge in [-0.15, -0.1) is 10.2 Å². The van der Waals surface area contributed by atoms with E-state index in [0.717, 1.165) is 22.7 Å². The summed E-state index contributed by atoms with van der Waals surface area (Å²) in [7, 11) is 0. The van der Waals surface area contributed by atoms with Crippen LogP contribution in [-0.2, 0) is 0 Å². The van der Waals surface area contributed by atoms with Gasteiger partial charge in [0.05, 0.1) is 0 Å². The zero-order valence-electron chi connectivity index (χ0n) is 12.1. The maximum Gasteiger partial charge on any atom is 0.174 e. The molecule has 1 heterocycles. The van der Waals surface area contributed by atoms with Gasteiger partial charge in [-0.25, -0.2) is 0 Å². The van der Waals surface area contributed by atoms with Crippen molar-refractivity contribution >= 4 is 23.1 Å². The van der Waals surface area contributed by atoms with Crippen molar-refractivity contribution in [2.45, 2.75) is 62.1 Å². The maximum absolute atomic E-state index is 4.20. The number of nitrogens with zero attached hydrogens (tertiary/aromatic N) is 2. The third kappa shape index (κ3) is 4.43. The SMILES string of the molecule is CCCNC1CCC(C(C)C)CC1Sc1nncs1. The Hall–Kier alpha value is -0.130. The van der Waals surface area contributed by atoms with Crippen LogP contribution in [0.1, 0.15) is 46.5 Å². The minimum absolute atomic E-state index is 0.642. The zero-order chi connectivity index (χ0) is 13.7. The van der Waals surface area contributed by atoms with Crippen molar-refractivity contribution in [1.29, 1.82) is 0 Å². The summed E-state index contributed by atoms with van der Waals surface area (Å²) in [5.41, 5.74) is 1.83. The van der Waals surface area contributed by atoms with Crippen LogP contribution in [0.5, 0.6) is 0 Å². The molecule has 0 amide bonds. The van der Waals surface area contributed by atoms with Gasteiger partial charge >= 0.3 is 0 Å². The second-order valence-electron chi connectivity index (χ2n) is 5.74. The van der Waals surface area contributed by atoms with E-state index in [0.29, 0.717) is 11.3 Å². The third-order valence-corrected chi connectivity index (χ3v) is 6.19. The predicted molar refractivity (Wildman–Crippen MR) is 83.8 cm³/mol. The predicted octanol–water partition coefficient (Wildman–Crippen LogP) is 3.82. The highest BCUT2D eigenvalue weighted by molar-refractivity contribution is 8.01. The van der Waals surface area contributed by atoms with E-state index in [1.165, 1.54) is 25.7 Å². The van der Waals surface area contributed by atoms with Crippen molar-refractivity contribution in [3.8, 4) is 0 Å². The zero-order valence-corrected chi connectivity index (χ0v) is 13.8. The van der Waals surface area contributed by atoms with Crippen molar-refractivity contribution in [3.05, 3.63) is 5.51 Å². The molecule has 1 aromatic heterocycles. The first kappa shape index (κ1) is 15.3. The lowest BCUT2D eigenvalue weighted by atomic mass is 9.79. The van der Waals surface area contributed by atoms with Gasteiger partial charge in [0.1, 0.15) is 5.51 Å². The molecule has 2 rings (SSSR count). The van der Waals surface area contributed by atoms with Crippen LogP contribution in [0.4, 0.5) is 0 Å². The maximum atomic E-state index is 4.20. The van der Waals surface area contributed by atoms with E-state index in [9.17, 15) is 0 Å². The van der Waals surface area contributed by atoms with Crippen LogP contribution in [0.25, 0.3) is 0 Å². The Morgan fingerprint density at radius 2 is 2.32 bits per heavy atom. The van der Waals surface area contributed by atoms with E-state index in [-0.39, 0.29) is 0 Å². The molecule has 0 aliphatic heterocycles. The van der Waals surface area contributed by atoms with Crippen LogP contribution in [0.15, 0.2) is 9.85 Å². The lowest BCUT2D eigenvalue weighted by Gasteiger charge is -2.37. The molecule has 5 heteroatoms. The van der Waals surface area contributed by atoms with Crippen LogP contribution in [-0.4, -0.2) is 28.0 Å². The Labute approximate surface area is 125 Å². The average Bonchev–Trinajstić information content (AvgIpc) is 2.90. The first-order valence-electron chi connectivity index (χ1n) is 7.37. The summed E-state index contributed by atoms with van der Waals surface area (Å²) in [6.07, 6.45) is 5.19. The Morgan fingerprint density at radius 1 is 1.47 bits per heavy atom. The van der Waals surface area contributed by atoms with Gasteiger partial charge < -0.3 is 5.32 Å². The molecule has 0 aromatic carbocycles. The van der Waals surface area contributed by atoms with Gasteiger partial charge in [0.25, 0.3) is 0 Å². The molecule has 0 spiro atoms. The van der Waals surface area contributed by atoms with Crippen molar-refractivity contribution < 1.29 is 0 Å². The lowest BCUT2D eigenvalue weighted by Crippen LogP contribution is -2.43. The molecule has 3 nitrogen and oxygen atoms in total. The standard InChI is InChI=1S/C14H25N3S2/c1-4-7-15-12-6-5-11(10(2)3)8-13(12)19-14-17-16-9-18-14/h9-13,15H,4-8H2,1-3H3. The molecule has 108 valence electrons. The fourth-order valence-electron chi connectivity index (χ4n) is 2.80. The molecule has 1 saturated carbocycles. The highest BCUT2D eigenvalue weighted by Gasteiger charge is 2.32. The quantitative estimate of drug-likeness (QED) is 0.866. The summed E-state index contributed by atoms with van der Waals surface area (Å²) in [6, 6.07) is 0.642. The number of thioether (sulfide) groups is 1. The Kier molecular flexibility index (Phi) is 6.10. The molecular formula is C14H25N3S2. The normalized spacial score (nSPS) is 27.9. The van der Waals surface area contributed by atoms with Gasteiger partial charge in [-0.2, -0.15) is 0 Å². The van der Waals surface area contributed by atoms with Gasteiger partial charge in [-0.05, 0) is 44.1 Å². The monoisotopic (exact) mass is 299 g/mol. The summed E-state index contributed by atoms with van der Waals surface area (Å²) >= 11 is 3.60. The summed E-state index contributed by atoms with van der Waals surface area (Å²) in [4.78, 5) is 0. The summed E-state index contributed by atoms with van der Waals surface area (Å²) in [5.74, 6) is 1.66. The molecule has 0 bridgehead atoms. The van der Waals surface area contributed by atoms with Crippen molar-refractivity contribution in [1.82, 2.24) is 15.5 Å². The van der Waals surface area contributed by atoms with Gasteiger partial charge in [-0.1, -0.05) is 43.9 Å². The smallest absolute Gasteiger partial charge is 0.174 e. The third-order valence-electron chi connectivity index (χ3n) is 4.02. The molecule has 1 fully saturated rings. The van der Waals surface area contributed by atoms with E-state index in [4.69, 9.17) is 0 Å². The lowest BCUT2D eigenvalue weighted by molar-refractivity contribution is 0.246. The largest absolute Gasteiger partial charge is 0.313 e. The van der Waals surface area contributed by atoms with Crippen LogP contribution >= 0.6 is 23.1 Å². The molecule has 0 radical (unpaired) electrons.